The van der Waals surface area contributed by atoms with Crippen LogP contribution in [0.3, 0.4) is 0 Å². The number of carbonyl (C=O) groups is 1. The minimum Gasteiger partial charge on any atom is -0.368 e. The van der Waals surface area contributed by atoms with Crippen molar-refractivity contribution in [3.8, 4) is 0 Å². The van der Waals surface area contributed by atoms with Gasteiger partial charge in [0.2, 0.25) is 15.9 Å². The standard InChI is InChI=1S/C17H19BrFN3O3S2/c18-15-5-6-17(26-15)27(24,25)20-8-7-16(23)22-11-9-21(10-12-22)14-3-1-13(19)2-4-14/h1-6,20H,7-12H2. The molecule has 0 saturated carbocycles. The van der Waals surface area contributed by atoms with E-state index >= 15 is 0 Å². The average molecular weight is 476 g/mol. The molecule has 1 amide bonds. The third kappa shape index (κ3) is 5.28. The van der Waals surface area contributed by atoms with Crippen LogP contribution in [-0.4, -0.2) is 51.9 Å². The second-order valence-electron chi connectivity index (χ2n) is 6.05. The van der Waals surface area contributed by atoms with Crippen molar-refractivity contribution in [3.63, 3.8) is 0 Å². The number of amides is 1. The number of nitrogens with zero attached hydrogens (tertiary/aromatic N) is 2. The number of benzene rings is 1. The number of rotatable bonds is 6. The van der Waals surface area contributed by atoms with Gasteiger partial charge in [0, 0.05) is 44.8 Å². The SMILES string of the molecule is O=C(CCNS(=O)(=O)c1ccc(Br)s1)N1CCN(c2ccc(F)cc2)CC1. The van der Waals surface area contributed by atoms with Gasteiger partial charge in [-0.25, -0.2) is 17.5 Å². The van der Waals surface area contributed by atoms with E-state index < -0.39 is 10.0 Å². The summed E-state index contributed by atoms with van der Waals surface area (Å²) in [6.45, 7) is 2.50. The number of piperazine rings is 1. The van der Waals surface area contributed by atoms with Gasteiger partial charge in [-0.3, -0.25) is 4.79 Å². The number of hydrogen-bond acceptors (Lipinski definition) is 5. The van der Waals surface area contributed by atoms with Crippen molar-refractivity contribution < 1.29 is 17.6 Å². The van der Waals surface area contributed by atoms with Crippen LogP contribution in [0.25, 0.3) is 0 Å². The van der Waals surface area contributed by atoms with Crippen molar-refractivity contribution in [2.24, 2.45) is 0 Å². The van der Waals surface area contributed by atoms with Gasteiger partial charge in [0.25, 0.3) is 0 Å². The highest BCUT2D eigenvalue weighted by Gasteiger charge is 2.22. The van der Waals surface area contributed by atoms with Crippen LogP contribution in [0.15, 0.2) is 44.4 Å². The summed E-state index contributed by atoms with van der Waals surface area (Å²) < 4.78 is 40.7. The third-order valence-corrected chi connectivity index (χ3v) is 7.85. The van der Waals surface area contributed by atoms with Crippen LogP contribution < -0.4 is 9.62 Å². The van der Waals surface area contributed by atoms with Crippen molar-refractivity contribution in [1.29, 1.82) is 0 Å². The number of hydrogen-bond donors (Lipinski definition) is 1. The summed E-state index contributed by atoms with van der Waals surface area (Å²) in [5, 5.41) is 0. The Hall–Kier alpha value is -1.49. The molecule has 3 rings (SSSR count). The predicted molar refractivity (Wildman–Crippen MR) is 107 cm³/mol. The molecule has 10 heteroatoms. The van der Waals surface area contributed by atoms with Gasteiger partial charge < -0.3 is 9.80 Å². The quantitative estimate of drug-likeness (QED) is 0.696. The highest BCUT2D eigenvalue weighted by atomic mass is 79.9. The Kier molecular flexibility index (Phi) is 6.51. The summed E-state index contributed by atoms with van der Waals surface area (Å²) >= 11 is 4.36. The van der Waals surface area contributed by atoms with Gasteiger partial charge in [0.1, 0.15) is 10.0 Å². The molecule has 1 aromatic heterocycles. The van der Waals surface area contributed by atoms with Crippen LogP contribution in [0.4, 0.5) is 10.1 Å². The number of halogens is 2. The molecule has 1 N–H and O–H groups in total. The summed E-state index contributed by atoms with van der Waals surface area (Å²) in [6, 6.07) is 9.49. The molecule has 0 atom stereocenters. The van der Waals surface area contributed by atoms with Gasteiger partial charge in [-0.05, 0) is 52.3 Å². The number of sulfonamides is 1. The molecule has 2 aromatic rings. The molecule has 1 aliphatic heterocycles. The fourth-order valence-corrected chi connectivity index (χ4v) is 5.92. The zero-order valence-corrected chi connectivity index (χ0v) is 17.6. The van der Waals surface area contributed by atoms with Crippen molar-refractivity contribution >= 4 is 48.9 Å². The lowest BCUT2D eigenvalue weighted by molar-refractivity contribution is -0.131. The van der Waals surface area contributed by atoms with E-state index in [4.69, 9.17) is 0 Å². The molecule has 0 radical (unpaired) electrons. The van der Waals surface area contributed by atoms with Gasteiger partial charge in [-0.15, -0.1) is 11.3 Å². The van der Waals surface area contributed by atoms with Gasteiger partial charge in [0.15, 0.2) is 0 Å². The van der Waals surface area contributed by atoms with E-state index in [1.807, 2.05) is 0 Å². The van der Waals surface area contributed by atoms with E-state index in [2.05, 4.69) is 25.6 Å². The maximum absolute atomic E-state index is 13.0. The maximum Gasteiger partial charge on any atom is 0.250 e. The molecular weight excluding hydrogens is 457 g/mol. The van der Waals surface area contributed by atoms with Crippen molar-refractivity contribution in [2.45, 2.75) is 10.6 Å². The van der Waals surface area contributed by atoms with E-state index in [-0.39, 0.29) is 28.9 Å². The van der Waals surface area contributed by atoms with E-state index in [1.165, 1.54) is 18.2 Å². The highest BCUT2D eigenvalue weighted by molar-refractivity contribution is 9.11. The first-order chi connectivity index (χ1) is 12.8. The van der Waals surface area contributed by atoms with Crippen LogP contribution in [-0.2, 0) is 14.8 Å². The summed E-state index contributed by atoms with van der Waals surface area (Å²) in [5.41, 5.74) is 0.929. The second-order valence-corrected chi connectivity index (χ2v) is 10.5. The lowest BCUT2D eigenvalue weighted by Crippen LogP contribution is -2.49. The Morgan fingerprint density at radius 1 is 1.11 bits per heavy atom. The van der Waals surface area contributed by atoms with Crippen molar-refractivity contribution in [1.82, 2.24) is 9.62 Å². The highest BCUT2D eigenvalue weighted by Crippen LogP contribution is 2.25. The van der Waals surface area contributed by atoms with Crippen LogP contribution in [0.1, 0.15) is 6.42 Å². The summed E-state index contributed by atoms with van der Waals surface area (Å²) in [5.74, 6) is -0.353. The Labute approximate surface area is 170 Å². The normalized spacial score (nSPS) is 15.2. The van der Waals surface area contributed by atoms with Gasteiger partial charge in [0.05, 0.1) is 3.79 Å². The van der Waals surface area contributed by atoms with Crippen molar-refractivity contribution in [3.05, 3.63) is 46.0 Å². The zero-order chi connectivity index (χ0) is 19.4. The Balaban J connectivity index is 1.45. The topological polar surface area (TPSA) is 69.7 Å². The zero-order valence-electron chi connectivity index (χ0n) is 14.4. The first kappa shape index (κ1) is 20.2. The monoisotopic (exact) mass is 475 g/mol. The average Bonchev–Trinajstić information content (AvgIpc) is 3.10. The molecule has 0 aliphatic carbocycles. The van der Waals surface area contributed by atoms with E-state index in [9.17, 15) is 17.6 Å². The molecule has 0 bridgehead atoms. The van der Waals surface area contributed by atoms with E-state index in [0.717, 1.165) is 20.8 Å². The first-order valence-electron chi connectivity index (χ1n) is 8.38. The molecule has 2 heterocycles. The fraction of sp³-hybridized carbons (Fsp3) is 0.353. The Morgan fingerprint density at radius 2 is 1.78 bits per heavy atom. The molecular formula is C17H19BrFN3O3S2. The Morgan fingerprint density at radius 3 is 2.37 bits per heavy atom. The van der Waals surface area contributed by atoms with Crippen LogP contribution >= 0.6 is 27.3 Å². The maximum atomic E-state index is 13.0. The molecule has 1 aromatic carbocycles. The molecule has 27 heavy (non-hydrogen) atoms. The van der Waals surface area contributed by atoms with Crippen LogP contribution in [0, 0.1) is 5.82 Å². The minimum absolute atomic E-state index is 0.0643. The lowest BCUT2D eigenvalue weighted by atomic mass is 10.2. The first-order valence-corrected chi connectivity index (χ1v) is 11.5. The largest absolute Gasteiger partial charge is 0.368 e. The lowest BCUT2D eigenvalue weighted by Gasteiger charge is -2.36. The van der Waals surface area contributed by atoms with Crippen LogP contribution in [0.2, 0.25) is 0 Å². The van der Waals surface area contributed by atoms with Gasteiger partial charge in [-0.2, -0.15) is 0 Å². The number of thiophene rings is 1. The second kappa shape index (κ2) is 8.68. The third-order valence-electron chi connectivity index (χ3n) is 4.27. The minimum atomic E-state index is -3.59. The number of nitrogens with one attached hydrogen (secondary N) is 1. The van der Waals surface area contributed by atoms with E-state index in [0.29, 0.717) is 26.2 Å². The molecule has 1 saturated heterocycles. The Bertz CT molecular complexity index is 894. The summed E-state index contributed by atoms with van der Waals surface area (Å²) in [7, 11) is -3.59. The molecule has 0 spiro atoms. The van der Waals surface area contributed by atoms with Gasteiger partial charge >= 0.3 is 0 Å². The molecule has 1 aliphatic rings. The van der Waals surface area contributed by atoms with Gasteiger partial charge in [-0.1, -0.05) is 0 Å². The predicted octanol–water partition coefficient (Wildman–Crippen LogP) is 2.67. The van der Waals surface area contributed by atoms with E-state index in [1.54, 1.807) is 23.1 Å². The van der Waals surface area contributed by atoms with Crippen molar-refractivity contribution in [2.75, 3.05) is 37.6 Å². The molecule has 6 nitrogen and oxygen atoms in total. The summed E-state index contributed by atoms with van der Waals surface area (Å²) in [6.07, 6.45) is 0.113. The van der Waals surface area contributed by atoms with Crippen LogP contribution in [0.5, 0.6) is 0 Å². The number of carbonyl (C=O) groups excluding carboxylic acids is 1. The fourth-order valence-electron chi connectivity index (χ4n) is 2.83. The molecule has 146 valence electrons. The summed E-state index contributed by atoms with van der Waals surface area (Å²) in [4.78, 5) is 16.2. The molecule has 0 unspecified atom stereocenters. The number of anilines is 1. The smallest absolute Gasteiger partial charge is 0.250 e. The molecule has 1 fully saturated rings.